The van der Waals surface area contributed by atoms with Crippen molar-refractivity contribution >= 4 is 12.0 Å². The van der Waals surface area contributed by atoms with Crippen LogP contribution < -0.4 is 4.74 Å². The van der Waals surface area contributed by atoms with Crippen LogP contribution in [0.25, 0.3) is 0 Å². The summed E-state index contributed by atoms with van der Waals surface area (Å²) in [5, 5.41) is 0. The lowest BCUT2D eigenvalue weighted by atomic mass is 10.0. The standard InChI is InChI=1S/C25H29NO5/c1-3-4-6-11-23(30-17-20-12-14-22(29-2)15-13-20)24(27)26-21(18-31-25(26)28)16-19-9-7-5-8-10-19/h4-10,12-15,21,23H,3,11,16-18H2,1-2H3/b6-4-/t21-,23+/m1/s1. The van der Waals surface area contributed by atoms with Crippen LogP contribution in [0.1, 0.15) is 30.9 Å². The minimum absolute atomic E-state index is 0.190. The molecule has 0 N–H and O–H groups in total. The molecule has 0 aromatic heterocycles. The first-order chi connectivity index (χ1) is 15.1. The molecular formula is C25H29NO5. The zero-order valence-corrected chi connectivity index (χ0v) is 18.0. The van der Waals surface area contributed by atoms with E-state index >= 15 is 0 Å². The topological polar surface area (TPSA) is 65.1 Å². The van der Waals surface area contributed by atoms with E-state index < -0.39 is 12.2 Å². The molecule has 1 saturated heterocycles. The molecule has 0 spiro atoms. The van der Waals surface area contributed by atoms with Crippen LogP contribution in [0.2, 0.25) is 0 Å². The van der Waals surface area contributed by atoms with Gasteiger partial charge >= 0.3 is 6.09 Å². The number of allylic oxidation sites excluding steroid dienone is 1. The minimum Gasteiger partial charge on any atom is -0.497 e. The Kier molecular flexibility index (Phi) is 8.24. The number of ether oxygens (including phenoxy) is 3. The van der Waals surface area contributed by atoms with E-state index in [1.54, 1.807) is 7.11 Å². The summed E-state index contributed by atoms with van der Waals surface area (Å²) in [6.07, 6.45) is 4.34. The third-order valence-electron chi connectivity index (χ3n) is 5.15. The number of carbonyl (C=O) groups excluding carboxylic acids is 2. The SMILES string of the molecule is CC/C=C\C[C@H](OCc1ccc(OC)cc1)C(=O)N1C(=O)OC[C@H]1Cc1ccccc1. The quantitative estimate of drug-likeness (QED) is 0.526. The highest BCUT2D eigenvalue weighted by molar-refractivity contribution is 5.96. The molecule has 6 heteroatoms. The van der Waals surface area contributed by atoms with Gasteiger partial charge in [-0.05, 0) is 36.1 Å². The number of cyclic esters (lactones) is 1. The monoisotopic (exact) mass is 423 g/mol. The van der Waals surface area contributed by atoms with Gasteiger partial charge in [0.1, 0.15) is 18.5 Å². The normalized spacial score (nSPS) is 17.0. The van der Waals surface area contributed by atoms with Gasteiger partial charge in [-0.25, -0.2) is 9.69 Å². The van der Waals surface area contributed by atoms with Crippen LogP contribution in [-0.2, 0) is 27.3 Å². The molecule has 1 aliphatic heterocycles. The van der Waals surface area contributed by atoms with E-state index in [2.05, 4.69) is 0 Å². The second kappa shape index (κ2) is 11.3. The van der Waals surface area contributed by atoms with Crippen molar-refractivity contribution < 1.29 is 23.8 Å². The third-order valence-corrected chi connectivity index (χ3v) is 5.15. The molecule has 2 aromatic rings. The average Bonchev–Trinajstić information content (AvgIpc) is 3.16. The van der Waals surface area contributed by atoms with Gasteiger partial charge in [0.05, 0.1) is 19.8 Å². The van der Waals surface area contributed by atoms with E-state index in [9.17, 15) is 9.59 Å². The van der Waals surface area contributed by atoms with Crippen molar-refractivity contribution in [1.29, 1.82) is 0 Å². The number of rotatable bonds is 10. The van der Waals surface area contributed by atoms with Crippen molar-refractivity contribution in [3.63, 3.8) is 0 Å². The Morgan fingerprint density at radius 2 is 1.87 bits per heavy atom. The highest BCUT2D eigenvalue weighted by Gasteiger charge is 2.40. The van der Waals surface area contributed by atoms with Crippen molar-refractivity contribution in [3.8, 4) is 5.75 Å². The van der Waals surface area contributed by atoms with Gasteiger partial charge in [-0.1, -0.05) is 61.5 Å². The van der Waals surface area contributed by atoms with Gasteiger partial charge in [-0.2, -0.15) is 0 Å². The van der Waals surface area contributed by atoms with E-state index in [0.29, 0.717) is 12.8 Å². The number of benzene rings is 2. The molecule has 0 saturated carbocycles. The number of hydrogen-bond acceptors (Lipinski definition) is 5. The molecule has 31 heavy (non-hydrogen) atoms. The molecule has 2 amide bonds. The summed E-state index contributed by atoms with van der Waals surface area (Å²) in [5.41, 5.74) is 1.97. The Bertz CT molecular complexity index is 879. The molecular weight excluding hydrogens is 394 g/mol. The van der Waals surface area contributed by atoms with Crippen molar-refractivity contribution in [3.05, 3.63) is 77.9 Å². The van der Waals surface area contributed by atoms with E-state index in [4.69, 9.17) is 14.2 Å². The van der Waals surface area contributed by atoms with E-state index in [1.165, 1.54) is 4.90 Å². The van der Waals surface area contributed by atoms with Crippen molar-refractivity contribution in [1.82, 2.24) is 4.90 Å². The highest BCUT2D eigenvalue weighted by Crippen LogP contribution is 2.21. The summed E-state index contributed by atoms with van der Waals surface area (Å²) in [6.45, 7) is 2.47. The number of imide groups is 1. The van der Waals surface area contributed by atoms with Crippen LogP contribution in [0.3, 0.4) is 0 Å². The number of amides is 2. The minimum atomic E-state index is -0.770. The molecule has 0 unspecified atom stereocenters. The molecule has 1 aliphatic rings. The van der Waals surface area contributed by atoms with Gasteiger partial charge in [-0.3, -0.25) is 4.79 Å². The van der Waals surface area contributed by atoms with Gasteiger partial charge < -0.3 is 14.2 Å². The summed E-state index contributed by atoms with van der Waals surface area (Å²) < 4.78 is 16.4. The van der Waals surface area contributed by atoms with Crippen LogP contribution >= 0.6 is 0 Å². The summed E-state index contributed by atoms with van der Waals surface area (Å²) in [4.78, 5) is 26.9. The molecule has 2 aromatic carbocycles. The van der Waals surface area contributed by atoms with Gasteiger partial charge in [-0.15, -0.1) is 0 Å². The van der Waals surface area contributed by atoms with E-state index in [-0.39, 0.29) is 25.2 Å². The number of methoxy groups -OCH3 is 1. The molecule has 2 atom stereocenters. The lowest BCUT2D eigenvalue weighted by molar-refractivity contribution is -0.142. The predicted molar refractivity (Wildman–Crippen MR) is 118 cm³/mol. The Balaban J connectivity index is 1.71. The zero-order valence-electron chi connectivity index (χ0n) is 18.0. The van der Waals surface area contributed by atoms with Crippen LogP contribution in [0.5, 0.6) is 5.75 Å². The summed E-state index contributed by atoms with van der Waals surface area (Å²) in [7, 11) is 1.61. The lowest BCUT2D eigenvalue weighted by Crippen LogP contribution is -2.46. The maximum Gasteiger partial charge on any atom is 0.417 e. The van der Waals surface area contributed by atoms with Crippen LogP contribution in [0.15, 0.2) is 66.7 Å². The van der Waals surface area contributed by atoms with Crippen molar-refractivity contribution in [2.45, 2.75) is 44.9 Å². The largest absolute Gasteiger partial charge is 0.497 e. The first kappa shape index (κ1) is 22.6. The fourth-order valence-electron chi connectivity index (χ4n) is 3.47. The molecule has 0 aliphatic carbocycles. The maximum atomic E-state index is 13.3. The first-order valence-electron chi connectivity index (χ1n) is 10.6. The molecule has 1 heterocycles. The van der Waals surface area contributed by atoms with Gasteiger partial charge in [0.2, 0.25) is 0 Å². The van der Waals surface area contributed by atoms with Gasteiger partial charge in [0, 0.05) is 6.42 Å². The summed E-state index contributed by atoms with van der Waals surface area (Å²) >= 11 is 0. The second-order valence-electron chi connectivity index (χ2n) is 7.39. The second-order valence-corrected chi connectivity index (χ2v) is 7.39. The third kappa shape index (κ3) is 6.18. The highest BCUT2D eigenvalue weighted by atomic mass is 16.6. The lowest BCUT2D eigenvalue weighted by Gasteiger charge is -2.24. The number of hydrogen-bond donors (Lipinski definition) is 0. The summed E-state index contributed by atoms with van der Waals surface area (Å²) in [5.74, 6) is 0.392. The Labute approximate surface area is 183 Å². The molecule has 164 valence electrons. The Hall–Kier alpha value is -3.12. The first-order valence-corrected chi connectivity index (χ1v) is 10.6. The van der Waals surface area contributed by atoms with Crippen molar-refractivity contribution in [2.75, 3.05) is 13.7 Å². The maximum absolute atomic E-state index is 13.3. The zero-order chi connectivity index (χ0) is 22.1. The van der Waals surface area contributed by atoms with E-state index in [0.717, 1.165) is 23.3 Å². The summed E-state index contributed by atoms with van der Waals surface area (Å²) in [6, 6.07) is 16.9. The molecule has 0 radical (unpaired) electrons. The molecule has 0 bridgehead atoms. The molecule has 1 fully saturated rings. The van der Waals surface area contributed by atoms with Crippen LogP contribution in [0, 0.1) is 0 Å². The Morgan fingerprint density at radius 3 is 2.55 bits per heavy atom. The van der Waals surface area contributed by atoms with Crippen molar-refractivity contribution in [2.24, 2.45) is 0 Å². The van der Waals surface area contributed by atoms with E-state index in [1.807, 2.05) is 73.7 Å². The molecule has 6 nitrogen and oxygen atoms in total. The number of nitrogens with zero attached hydrogens (tertiary/aromatic N) is 1. The predicted octanol–water partition coefficient (Wildman–Crippen LogP) is 4.53. The average molecular weight is 424 g/mol. The van der Waals surface area contributed by atoms with Crippen LogP contribution in [-0.4, -0.2) is 42.8 Å². The fraction of sp³-hybridized carbons (Fsp3) is 0.360. The van der Waals surface area contributed by atoms with Crippen LogP contribution in [0.4, 0.5) is 4.79 Å². The smallest absolute Gasteiger partial charge is 0.417 e. The fourth-order valence-corrected chi connectivity index (χ4v) is 3.47. The van der Waals surface area contributed by atoms with Gasteiger partial charge in [0.15, 0.2) is 0 Å². The number of carbonyl (C=O) groups is 2. The van der Waals surface area contributed by atoms with Gasteiger partial charge in [0.25, 0.3) is 5.91 Å². The Morgan fingerprint density at radius 1 is 1.13 bits per heavy atom. The molecule has 3 rings (SSSR count).